The molecule has 1 aromatic rings. The number of carbonyl (C=O) groups is 2. The van der Waals surface area contributed by atoms with Crippen molar-refractivity contribution < 1.29 is 9.59 Å². The fraction of sp³-hybridized carbons (Fsp3) is 0.680. The Bertz CT molecular complexity index is 771. The van der Waals surface area contributed by atoms with Crippen LogP contribution in [0.15, 0.2) is 18.2 Å². The number of nitrogens with zero attached hydrogens (tertiary/aromatic N) is 4. The molecule has 176 valence electrons. The summed E-state index contributed by atoms with van der Waals surface area (Å²) in [5.74, 6) is 0.251. The Morgan fingerprint density at radius 3 is 2.03 bits per heavy atom. The minimum Gasteiger partial charge on any atom is -0.339 e. The second kappa shape index (κ2) is 10.8. The molecule has 7 nitrogen and oxygen atoms in total. The lowest BCUT2D eigenvalue weighted by atomic mass is 10.1. The maximum Gasteiger partial charge on any atom is 0.238 e. The summed E-state index contributed by atoms with van der Waals surface area (Å²) in [5.41, 5.74) is 3.08. The Labute approximate surface area is 192 Å². The molecule has 2 aliphatic heterocycles. The van der Waals surface area contributed by atoms with Crippen molar-refractivity contribution in [1.29, 1.82) is 0 Å². The maximum atomic E-state index is 12.8. The van der Waals surface area contributed by atoms with Crippen molar-refractivity contribution in [2.24, 2.45) is 0 Å². The topological polar surface area (TPSA) is 59.1 Å². The minimum absolute atomic E-state index is 0.0160. The first-order chi connectivity index (χ1) is 15.5. The number of anilines is 1. The molecule has 0 atom stereocenters. The van der Waals surface area contributed by atoms with Crippen molar-refractivity contribution in [3.05, 3.63) is 29.3 Å². The van der Waals surface area contributed by atoms with Crippen LogP contribution in [-0.2, 0) is 9.59 Å². The third-order valence-corrected chi connectivity index (χ3v) is 7.44. The van der Waals surface area contributed by atoms with E-state index in [1.807, 2.05) is 36.9 Å². The van der Waals surface area contributed by atoms with E-state index in [-0.39, 0.29) is 11.8 Å². The molecule has 3 fully saturated rings. The molecule has 32 heavy (non-hydrogen) atoms. The van der Waals surface area contributed by atoms with Crippen LogP contribution in [0.4, 0.5) is 5.69 Å². The number of hydrogen-bond acceptors (Lipinski definition) is 5. The monoisotopic (exact) mass is 441 g/mol. The summed E-state index contributed by atoms with van der Waals surface area (Å²) in [6.07, 6.45) is 5.46. The smallest absolute Gasteiger partial charge is 0.238 e. The van der Waals surface area contributed by atoms with Gasteiger partial charge in [-0.3, -0.25) is 24.3 Å². The van der Waals surface area contributed by atoms with E-state index in [0.717, 1.165) is 62.1 Å². The number of amides is 2. The summed E-state index contributed by atoms with van der Waals surface area (Å²) in [5, 5.41) is 3.07. The van der Waals surface area contributed by atoms with Crippen molar-refractivity contribution in [3.63, 3.8) is 0 Å². The molecular weight excluding hydrogens is 402 g/mol. The van der Waals surface area contributed by atoms with Crippen LogP contribution in [0.5, 0.6) is 0 Å². The minimum atomic E-state index is 0.0160. The number of nitrogens with one attached hydrogen (secondary N) is 1. The van der Waals surface area contributed by atoms with Gasteiger partial charge < -0.3 is 10.2 Å². The Kier molecular flexibility index (Phi) is 7.81. The summed E-state index contributed by atoms with van der Waals surface area (Å²) in [6.45, 7) is 12.1. The predicted molar refractivity (Wildman–Crippen MR) is 128 cm³/mol. The van der Waals surface area contributed by atoms with Crippen LogP contribution >= 0.6 is 0 Å². The van der Waals surface area contributed by atoms with Gasteiger partial charge in [0.25, 0.3) is 0 Å². The first-order valence-corrected chi connectivity index (χ1v) is 12.3. The third-order valence-electron chi connectivity index (χ3n) is 7.44. The molecule has 2 saturated heterocycles. The van der Waals surface area contributed by atoms with E-state index in [1.165, 1.54) is 25.7 Å². The van der Waals surface area contributed by atoms with Gasteiger partial charge in [-0.05, 0) is 37.8 Å². The number of piperazine rings is 2. The van der Waals surface area contributed by atoms with E-state index in [4.69, 9.17) is 0 Å². The normalized spacial score (nSPS) is 21.8. The number of hydrogen-bond donors (Lipinski definition) is 1. The Morgan fingerprint density at radius 2 is 1.41 bits per heavy atom. The molecule has 0 spiro atoms. The van der Waals surface area contributed by atoms with Gasteiger partial charge in [0.05, 0.1) is 13.1 Å². The highest BCUT2D eigenvalue weighted by Crippen LogP contribution is 2.24. The Hall–Kier alpha value is -1.96. The van der Waals surface area contributed by atoms with Gasteiger partial charge in [0.1, 0.15) is 0 Å². The molecule has 0 radical (unpaired) electrons. The van der Waals surface area contributed by atoms with E-state index >= 15 is 0 Å². The number of benzene rings is 1. The number of para-hydroxylation sites is 1. The van der Waals surface area contributed by atoms with Crippen molar-refractivity contribution in [2.75, 3.05) is 70.8 Å². The molecule has 0 unspecified atom stereocenters. The maximum absolute atomic E-state index is 12.8. The standard InChI is InChI=1S/C25H39N5O2/c1-20-6-5-7-21(2)25(20)26-23(31)18-27-12-16-30(17-13-27)24(32)19-28-10-14-29(15-11-28)22-8-3-4-9-22/h5-7,22H,3-4,8-19H2,1-2H3,(H,26,31). The molecule has 1 N–H and O–H groups in total. The Balaban J connectivity index is 1.16. The molecule has 1 aromatic carbocycles. The lowest BCUT2D eigenvalue weighted by molar-refractivity contribution is -0.134. The van der Waals surface area contributed by atoms with Crippen LogP contribution in [0, 0.1) is 13.8 Å². The van der Waals surface area contributed by atoms with Crippen LogP contribution < -0.4 is 5.32 Å². The molecule has 1 aliphatic carbocycles. The van der Waals surface area contributed by atoms with E-state index in [9.17, 15) is 9.59 Å². The molecule has 2 heterocycles. The van der Waals surface area contributed by atoms with Gasteiger partial charge in [0.15, 0.2) is 0 Å². The molecule has 0 aromatic heterocycles. The van der Waals surface area contributed by atoms with Crippen LogP contribution in [-0.4, -0.2) is 103 Å². The zero-order chi connectivity index (χ0) is 22.5. The lowest BCUT2D eigenvalue weighted by Crippen LogP contribution is -2.55. The summed E-state index contributed by atoms with van der Waals surface area (Å²) >= 11 is 0. The van der Waals surface area contributed by atoms with E-state index in [2.05, 4.69) is 20.0 Å². The van der Waals surface area contributed by atoms with Crippen LogP contribution in [0.2, 0.25) is 0 Å². The van der Waals surface area contributed by atoms with Crippen LogP contribution in [0.3, 0.4) is 0 Å². The molecule has 2 amide bonds. The van der Waals surface area contributed by atoms with Gasteiger partial charge >= 0.3 is 0 Å². The van der Waals surface area contributed by atoms with E-state index in [1.54, 1.807) is 0 Å². The van der Waals surface area contributed by atoms with Gasteiger partial charge in [-0.15, -0.1) is 0 Å². The number of carbonyl (C=O) groups excluding carboxylic acids is 2. The molecule has 7 heteroatoms. The highest BCUT2D eigenvalue weighted by Gasteiger charge is 2.28. The SMILES string of the molecule is Cc1cccc(C)c1NC(=O)CN1CCN(C(=O)CN2CCN(C3CCCC3)CC2)CC1. The van der Waals surface area contributed by atoms with Crippen molar-refractivity contribution >= 4 is 17.5 Å². The van der Waals surface area contributed by atoms with Gasteiger partial charge in [0, 0.05) is 64.1 Å². The predicted octanol–water partition coefficient (Wildman–Crippen LogP) is 1.95. The van der Waals surface area contributed by atoms with Gasteiger partial charge in [-0.2, -0.15) is 0 Å². The van der Waals surface area contributed by atoms with Gasteiger partial charge in [-0.25, -0.2) is 0 Å². The fourth-order valence-corrected chi connectivity index (χ4v) is 5.40. The van der Waals surface area contributed by atoms with Crippen molar-refractivity contribution in [1.82, 2.24) is 19.6 Å². The first-order valence-electron chi connectivity index (χ1n) is 12.3. The molecular formula is C25H39N5O2. The highest BCUT2D eigenvalue weighted by atomic mass is 16.2. The van der Waals surface area contributed by atoms with E-state index < -0.39 is 0 Å². The molecule has 0 bridgehead atoms. The quantitative estimate of drug-likeness (QED) is 0.731. The molecule has 4 rings (SSSR count). The van der Waals surface area contributed by atoms with Gasteiger partial charge in [-0.1, -0.05) is 31.0 Å². The average Bonchev–Trinajstić information content (AvgIpc) is 3.32. The zero-order valence-corrected chi connectivity index (χ0v) is 19.8. The Morgan fingerprint density at radius 1 is 0.844 bits per heavy atom. The lowest BCUT2D eigenvalue weighted by Gasteiger charge is -2.39. The van der Waals surface area contributed by atoms with Gasteiger partial charge in [0.2, 0.25) is 11.8 Å². The third kappa shape index (κ3) is 5.88. The molecule has 1 saturated carbocycles. The van der Waals surface area contributed by atoms with Crippen LogP contribution in [0.25, 0.3) is 0 Å². The summed E-state index contributed by atoms with van der Waals surface area (Å²) < 4.78 is 0. The van der Waals surface area contributed by atoms with Crippen molar-refractivity contribution in [3.8, 4) is 0 Å². The summed E-state index contributed by atoms with van der Waals surface area (Å²) in [7, 11) is 0. The van der Waals surface area contributed by atoms with E-state index in [0.29, 0.717) is 26.2 Å². The fourth-order valence-electron chi connectivity index (χ4n) is 5.40. The van der Waals surface area contributed by atoms with Crippen molar-refractivity contribution in [2.45, 2.75) is 45.6 Å². The summed E-state index contributed by atoms with van der Waals surface area (Å²) in [6, 6.07) is 6.82. The second-order valence-corrected chi connectivity index (χ2v) is 9.72. The first kappa shape index (κ1) is 23.2. The number of aryl methyl sites for hydroxylation is 2. The van der Waals surface area contributed by atoms with Crippen LogP contribution in [0.1, 0.15) is 36.8 Å². The average molecular weight is 442 g/mol. The zero-order valence-electron chi connectivity index (χ0n) is 19.8. The summed E-state index contributed by atoms with van der Waals surface area (Å²) in [4.78, 5) is 34.4. The second-order valence-electron chi connectivity index (χ2n) is 9.72. The highest BCUT2D eigenvalue weighted by molar-refractivity contribution is 5.93. The molecule has 3 aliphatic rings. The number of rotatable bonds is 6. The largest absolute Gasteiger partial charge is 0.339 e.